The summed E-state index contributed by atoms with van der Waals surface area (Å²) in [6.07, 6.45) is -26.2. The van der Waals surface area contributed by atoms with Gasteiger partial charge in [-0.1, -0.05) is 0 Å². The molecule has 44 heavy (non-hydrogen) atoms. The quantitative estimate of drug-likeness (QED) is 0.103. The molecule has 19 atom stereocenters. The zero-order valence-corrected chi connectivity index (χ0v) is 23.6. The molecule has 0 spiro atoms. The Kier molecular flexibility index (Phi) is 12.1. The van der Waals surface area contributed by atoms with Crippen molar-refractivity contribution in [3.05, 3.63) is 11.6 Å². The van der Waals surface area contributed by atoms with Gasteiger partial charge < -0.3 is 95.4 Å². The summed E-state index contributed by atoms with van der Waals surface area (Å²) in [6.45, 7) is -0.693. The van der Waals surface area contributed by atoms with E-state index in [9.17, 15) is 66.4 Å². The third kappa shape index (κ3) is 6.96. The van der Waals surface area contributed by atoms with Gasteiger partial charge in [-0.05, 0) is 18.6 Å². The minimum atomic E-state index is -1.93. The lowest BCUT2D eigenvalue weighted by atomic mass is 9.86. The molecule has 3 fully saturated rings. The van der Waals surface area contributed by atoms with Crippen LogP contribution in [0.25, 0.3) is 0 Å². The summed E-state index contributed by atoms with van der Waals surface area (Å²) in [6, 6.07) is -1.92. The van der Waals surface area contributed by atoms with Gasteiger partial charge in [0.2, 0.25) is 0 Å². The Hall–Kier alpha value is -1.02. The number of hydrogen-bond donors (Lipinski definition) is 14. The zero-order chi connectivity index (χ0) is 32.6. The van der Waals surface area contributed by atoms with E-state index in [1.807, 2.05) is 0 Å². The summed E-state index contributed by atoms with van der Waals surface area (Å²) < 4.78 is 27.4. The van der Waals surface area contributed by atoms with Gasteiger partial charge in [-0.2, -0.15) is 0 Å². The molecule has 0 amide bonds. The van der Waals surface area contributed by atoms with Crippen molar-refractivity contribution in [1.82, 2.24) is 0 Å². The molecule has 256 valence electrons. The van der Waals surface area contributed by atoms with Gasteiger partial charge in [-0.25, -0.2) is 0 Å². The maximum absolute atomic E-state index is 10.9. The Morgan fingerprint density at radius 2 is 1.16 bits per heavy atom. The molecule has 0 aromatic carbocycles. The molecule has 4 rings (SSSR count). The van der Waals surface area contributed by atoms with Crippen LogP contribution < -0.4 is 5.32 Å². The SMILES string of the molecule is C[C@H]1O[C@H](O[C@H]2[C@H](O)[C@@H](O)[C@@H](O[C@H]3[C@H](O)[C@@H](O)C(O)O[C@@H]3CO)O[C@@H]2CO)[C@H](O)[C@@H](O)[C@@H]1[NH2+][C@H]1C=C(CO)[C@@H](O)[C@H](O)[C@H]1O. The fourth-order valence-electron chi connectivity index (χ4n) is 5.96. The molecular weight excluding hydrogens is 602 g/mol. The Bertz CT molecular complexity index is 958. The van der Waals surface area contributed by atoms with Crippen LogP contribution in [0.1, 0.15) is 6.92 Å². The zero-order valence-electron chi connectivity index (χ0n) is 23.6. The molecule has 19 nitrogen and oxygen atoms in total. The van der Waals surface area contributed by atoms with Crippen LogP contribution in [0.15, 0.2) is 11.6 Å². The molecule has 19 heteroatoms. The average Bonchev–Trinajstić information content (AvgIpc) is 3.00. The summed E-state index contributed by atoms with van der Waals surface area (Å²) in [5.41, 5.74) is 0.0537. The number of aliphatic hydroxyl groups excluding tert-OH is 13. The lowest BCUT2D eigenvalue weighted by Gasteiger charge is -2.48. The van der Waals surface area contributed by atoms with Gasteiger partial charge in [0, 0.05) is 0 Å². The number of rotatable bonds is 9. The predicted molar refractivity (Wildman–Crippen MR) is 137 cm³/mol. The lowest BCUT2D eigenvalue weighted by Crippen LogP contribution is -3.02. The minimum absolute atomic E-state index is 0.0537. The summed E-state index contributed by atoms with van der Waals surface area (Å²) in [4.78, 5) is 0. The van der Waals surface area contributed by atoms with Gasteiger partial charge in [-0.15, -0.1) is 0 Å². The van der Waals surface area contributed by atoms with E-state index in [1.165, 1.54) is 18.3 Å². The number of nitrogens with two attached hydrogens (primary N) is 1. The van der Waals surface area contributed by atoms with Gasteiger partial charge in [0.15, 0.2) is 18.9 Å². The Morgan fingerprint density at radius 3 is 1.73 bits per heavy atom. The van der Waals surface area contributed by atoms with E-state index in [1.54, 1.807) is 0 Å². The molecule has 0 aromatic rings. The van der Waals surface area contributed by atoms with Gasteiger partial charge >= 0.3 is 0 Å². The highest BCUT2D eigenvalue weighted by Crippen LogP contribution is 2.32. The van der Waals surface area contributed by atoms with Crippen molar-refractivity contribution in [3.8, 4) is 0 Å². The van der Waals surface area contributed by atoms with E-state index in [0.29, 0.717) is 0 Å². The van der Waals surface area contributed by atoms with E-state index >= 15 is 0 Å². The first kappa shape index (κ1) is 35.8. The predicted octanol–water partition coefficient (Wildman–Crippen LogP) is -9.59. The second-order valence-corrected chi connectivity index (χ2v) is 11.5. The molecule has 1 aliphatic carbocycles. The fourth-order valence-corrected chi connectivity index (χ4v) is 5.96. The van der Waals surface area contributed by atoms with Gasteiger partial charge in [0.05, 0.1) is 19.8 Å². The maximum atomic E-state index is 10.9. The third-order valence-corrected chi connectivity index (χ3v) is 8.64. The van der Waals surface area contributed by atoms with E-state index < -0.39 is 136 Å². The highest BCUT2D eigenvalue weighted by atomic mass is 16.7. The van der Waals surface area contributed by atoms with E-state index in [4.69, 9.17) is 23.7 Å². The van der Waals surface area contributed by atoms with E-state index in [-0.39, 0.29) is 5.57 Å². The van der Waals surface area contributed by atoms with Crippen molar-refractivity contribution in [2.45, 2.75) is 123 Å². The van der Waals surface area contributed by atoms with Gasteiger partial charge in [-0.3, -0.25) is 0 Å². The first-order valence-electron chi connectivity index (χ1n) is 14.2. The summed E-state index contributed by atoms with van der Waals surface area (Å²) in [7, 11) is 0. The van der Waals surface area contributed by atoms with Crippen LogP contribution in [-0.4, -0.2) is 203 Å². The second-order valence-electron chi connectivity index (χ2n) is 11.5. The molecule has 15 N–H and O–H groups in total. The van der Waals surface area contributed by atoms with Crippen LogP contribution in [0.5, 0.6) is 0 Å². The van der Waals surface area contributed by atoms with Gasteiger partial charge in [0.25, 0.3) is 0 Å². The summed E-state index contributed by atoms with van der Waals surface area (Å²) in [5.74, 6) is 0. The Labute approximate surface area is 250 Å². The molecule has 1 unspecified atom stereocenters. The number of hydrogen-bond acceptors (Lipinski definition) is 18. The van der Waals surface area contributed by atoms with E-state index in [0.717, 1.165) is 0 Å². The van der Waals surface area contributed by atoms with Crippen LogP contribution in [0, 0.1) is 0 Å². The normalized spacial score (nSPS) is 52.0. The van der Waals surface area contributed by atoms with Crippen molar-refractivity contribution in [1.29, 1.82) is 0 Å². The van der Waals surface area contributed by atoms with Crippen molar-refractivity contribution in [2.75, 3.05) is 19.8 Å². The van der Waals surface area contributed by atoms with Crippen molar-refractivity contribution >= 4 is 0 Å². The third-order valence-electron chi connectivity index (χ3n) is 8.64. The smallest absolute Gasteiger partial charge is 0.187 e. The fraction of sp³-hybridized carbons (Fsp3) is 0.920. The van der Waals surface area contributed by atoms with E-state index in [2.05, 4.69) is 0 Å². The highest BCUT2D eigenvalue weighted by Gasteiger charge is 2.54. The van der Waals surface area contributed by atoms with Crippen molar-refractivity contribution in [3.63, 3.8) is 0 Å². The van der Waals surface area contributed by atoms with Crippen LogP contribution in [0.3, 0.4) is 0 Å². The standard InChI is InChI=1S/C25H43NO18/c1-6-11(26-8-2-7(3-27)12(30)15(33)13(8)31)14(32)19(37)24(40-6)43-22-10(5-29)42-25(20(38)17(22)35)44-21-9(4-28)41-23(39)18(36)16(21)34/h2,6,8-39H,3-5H2,1H3/p+1/t6-,8+,9-,10-,11-,12-,13+,14+,15+,16-,17-,18-,19-,20-,21-,22-,23?,24-,25-/m1/s1. The maximum Gasteiger partial charge on any atom is 0.187 e. The van der Waals surface area contributed by atoms with Crippen LogP contribution in [-0.2, 0) is 23.7 Å². The monoisotopic (exact) mass is 646 g/mol. The summed E-state index contributed by atoms with van der Waals surface area (Å²) in [5, 5.41) is 134. The molecule has 3 saturated heterocycles. The Morgan fingerprint density at radius 1 is 0.636 bits per heavy atom. The molecular formula is C25H44NO18+. The molecule has 4 aliphatic rings. The van der Waals surface area contributed by atoms with Crippen LogP contribution >= 0.6 is 0 Å². The van der Waals surface area contributed by atoms with Crippen LogP contribution in [0.2, 0.25) is 0 Å². The number of aliphatic hydroxyl groups is 13. The highest BCUT2D eigenvalue weighted by molar-refractivity contribution is 5.19. The molecule has 3 aliphatic heterocycles. The number of quaternary nitrogens is 1. The molecule has 0 saturated carbocycles. The molecule has 0 radical (unpaired) electrons. The first-order chi connectivity index (χ1) is 20.7. The average molecular weight is 647 g/mol. The topological polar surface area (TPSA) is 326 Å². The van der Waals surface area contributed by atoms with Gasteiger partial charge in [0.1, 0.15) is 97.5 Å². The molecule has 0 bridgehead atoms. The lowest BCUT2D eigenvalue weighted by molar-refractivity contribution is -0.739. The largest absolute Gasteiger partial charge is 0.394 e. The number of ether oxygens (including phenoxy) is 5. The molecule has 0 aromatic heterocycles. The first-order valence-corrected chi connectivity index (χ1v) is 14.2. The molecule has 3 heterocycles. The van der Waals surface area contributed by atoms with Crippen molar-refractivity contribution < 1.29 is 95.4 Å². The van der Waals surface area contributed by atoms with Crippen molar-refractivity contribution in [2.24, 2.45) is 0 Å². The minimum Gasteiger partial charge on any atom is -0.394 e. The van der Waals surface area contributed by atoms with Crippen LogP contribution in [0.4, 0.5) is 0 Å². The summed E-state index contributed by atoms with van der Waals surface area (Å²) >= 11 is 0. The second kappa shape index (κ2) is 14.8. The Balaban J connectivity index is 1.42.